The second-order valence-electron chi connectivity index (χ2n) is 7.19. The molecule has 6 heteroatoms. The predicted molar refractivity (Wildman–Crippen MR) is 84.3 cm³/mol. The Labute approximate surface area is 137 Å². The third-order valence-electron chi connectivity index (χ3n) is 6.09. The van der Waals surface area contributed by atoms with Gasteiger partial charge in [-0.15, -0.1) is 0 Å². The van der Waals surface area contributed by atoms with Crippen LogP contribution in [0, 0.1) is 5.92 Å². The summed E-state index contributed by atoms with van der Waals surface area (Å²) >= 11 is 0. The van der Waals surface area contributed by atoms with Crippen molar-refractivity contribution in [2.45, 2.75) is 37.0 Å². The second-order valence-corrected chi connectivity index (χ2v) is 7.19. The number of halogens is 2. The minimum absolute atomic E-state index is 0.0603. The first kappa shape index (κ1) is 14.1. The standard InChI is InChI=1S/C18H17F2N3O/c1-23-8-10(15(22-23)16(19)20)17(24)21-13-4-2-3-11-14(13)12-6-5-9-7-18(9,11)12/h2-4,8-9,12,16H,5-7H2,1H3,(H,21,24). The first-order chi connectivity index (χ1) is 11.5. The van der Waals surface area contributed by atoms with Crippen LogP contribution in [0.15, 0.2) is 24.4 Å². The van der Waals surface area contributed by atoms with Crippen molar-refractivity contribution in [3.8, 4) is 0 Å². The highest BCUT2D eigenvalue weighted by Crippen LogP contribution is 2.78. The number of carbonyl (C=O) groups is 1. The highest BCUT2D eigenvalue weighted by atomic mass is 19.3. The third-order valence-corrected chi connectivity index (χ3v) is 6.09. The fraction of sp³-hybridized carbons (Fsp3) is 0.444. The summed E-state index contributed by atoms with van der Waals surface area (Å²) in [6, 6.07) is 5.98. The van der Waals surface area contributed by atoms with Gasteiger partial charge in [0, 0.05) is 24.3 Å². The van der Waals surface area contributed by atoms with Crippen molar-refractivity contribution in [2.75, 3.05) is 5.32 Å². The zero-order chi connectivity index (χ0) is 16.6. The molecule has 2 aromatic rings. The van der Waals surface area contributed by atoms with Crippen LogP contribution < -0.4 is 5.32 Å². The van der Waals surface area contributed by atoms with Gasteiger partial charge in [0.1, 0.15) is 5.69 Å². The summed E-state index contributed by atoms with van der Waals surface area (Å²) < 4.78 is 27.4. The van der Waals surface area contributed by atoms with Gasteiger partial charge >= 0.3 is 0 Å². The molecule has 0 saturated heterocycles. The molecule has 0 bridgehead atoms. The molecule has 4 nitrogen and oxygen atoms in total. The molecule has 5 rings (SSSR count). The van der Waals surface area contributed by atoms with Crippen molar-refractivity contribution in [3.05, 3.63) is 46.8 Å². The normalized spacial score (nSPS) is 28.8. The number of aromatic nitrogens is 2. The van der Waals surface area contributed by atoms with Crippen LogP contribution >= 0.6 is 0 Å². The van der Waals surface area contributed by atoms with E-state index in [1.165, 1.54) is 48.3 Å². The van der Waals surface area contributed by atoms with Gasteiger partial charge in [-0.2, -0.15) is 5.10 Å². The van der Waals surface area contributed by atoms with Crippen molar-refractivity contribution in [1.82, 2.24) is 9.78 Å². The Kier molecular flexibility index (Phi) is 2.61. The van der Waals surface area contributed by atoms with Crippen molar-refractivity contribution >= 4 is 11.6 Å². The van der Waals surface area contributed by atoms with E-state index in [0.29, 0.717) is 11.3 Å². The number of hydrogen-bond donors (Lipinski definition) is 1. The average molecular weight is 329 g/mol. The Balaban J connectivity index is 1.48. The first-order valence-corrected chi connectivity index (χ1v) is 8.29. The van der Waals surface area contributed by atoms with Gasteiger partial charge in [-0.3, -0.25) is 9.48 Å². The molecule has 1 aromatic carbocycles. The zero-order valence-electron chi connectivity index (χ0n) is 13.2. The van der Waals surface area contributed by atoms with E-state index in [4.69, 9.17) is 0 Å². The lowest BCUT2D eigenvalue weighted by molar-refractivity contribution is 0.101. The summed E-state index contributed by atoms with van der Waals surface area (Å²) in [5.41, 5.74) is 3.18. The van der Waals surface area contributed by atoms with Crippen molar-refractivity contribution in [2.24, 2.45) is 13.0 Å². The summed E-state index contributed by atoms with van der Waals surface area (Å²) in [5, 5.41) is 6.55. The summed E-state index contributed by atoms with van der Waals surface area (Å²) in [5.74, 6) is 0.820. The highest BCUT2D eigenvalue weighted by Gasteiger charge is 2.70. The van der Waals surface area contributed by atoms with Gasteiger partial charge in [-0.1, -0.05) is 12.1 Å². The number of benzene rings is 1. The van der Waals surface area contributed by atoms with Crippen LogP contribution in [0.2, 0.25) is 0 Å². The molecule has 3 unspecified atom stereocenters. The first-order valence-electron chi connectivity index (χ1n) is 8.29. The number of hydrogen-bond acceptors (Lipinski definition) is 2. The van der Waals surface area contributed by atoms with Crippen LogP contribution in [0.5, 0.6) is 0 Å². The maximum absolute atomic E-state index is 13.1. The molecule has 1 N–H and O–H groups in total. The van der Waals surface area contributed by atoms with Gasteiger partial charge in [0.05, 0.1) is 5.56 Å². The number of alkyl halides is 2. The number of nitrogens with zero attached hydrogens (tertiary/aromatic N) is 2. The van der Waals surface area contributed by atoms with Gasteiger partial charge in [0.25, 0.3) is 12.3 Å². The maximum Gasteiger partial charge on any atom is 0.282 e. The Morgan fingerprint density at radius 2 is 2.25 bits per heavy atom. The van der Waals surface area contributed by atoms with Gasteiger partial charge in [0.2, 0.25) is 0 Å². The van der Waals surface area contributed by atoms with E-state index in [2.05, 4.69) is 16.5 Å². The van der Waals surface area contributed by atoms with Crippen LogP contribution in [0.3, 0.4) is 0 Å². The summed E-state index contributed by atoms with van der Waals surface area (Å²) in [7, 11) is 1.54. The van der Waals surface area contributed by atoms with Gasteiger partial charge in [0.15, 0.2) is 0 Å². The van der Waals surface area contributed by atoms with Crippen LogP contribution in [-0.2, 0) is 12.5 Å². The summed E-state index contributed by atoms with van der Waals surface area (Å²) in [6.45, 7) is 0. The molecular formula is C18H17F2N3O. The highest BCUT2D eigenvalue weighted by molar-refractivity contribution is 6.05. The zero-order valence-corrected chi connectivity index (χ0v) is 13.2. The van der Waals surface area contributed by atoms with Crippen molar-refractivity contribution in [1.29, 1.82) is 0 Å². The Hall–Kier alpha value is -2.24. The minimum atomic E-state index is -2.77. The van der Waals surface area contributed by atoms with E-state index in [1.807, 2.05) is 12.1 Å². The molecule has 2 saturated carbocycles. The number of rotatable bonds is 3. The van der Waals surface area contributed by atoms with Crippen LogP contribution in [0.1, 0.15) is 58.8 Å². The maximum atomic E-state index is 13.1. The predicted octanol–water partition coefficient (Wildman–Crippen LogP) is 3.76. The largest absolute Gasteiger partial charge is 0.322 e. The summed E-state index contributed by atoms with van der Waals surface area (Å²) in [4.78, 5) is 12.5. The van der Waals surface area contributed by atoms with Gasteiger partial charge in [-0.25, -0.2) is 8.78 Å². The quantitative estimate of drug-likeness (QED) is 0.932. The number of anilines is 1. The Bertz CT molecular complexity index is 875. The molecule has 1 aromatic heterocycles. The topological polar surface area (TPSA) is 46.9 Å². The number of aryl methyl sites for hydroxylation is 1. The molecule has 24 heavy (non-hydrogen) atoms. The minimum Gasteiger partial charge on any atom is -0.322 e. The SMILES string of the molecule is Cn1cc(C(=O)Nc2cccc3c2C2CCC4CC342)c(C(F)F)n1. The molecule has 1 heterocycles. The van der Waals surface area contributed by atoms with E-state index in [9.17, 15) is 13.6 Å². The molecule has 1 amide bonds. The number of nitrogens with one attached hydrogen (secondary N) is 1. The molecular weight excluding hydrogens is 312 g/mol. The van der Waals surface area contributed by atoms with Gasteiger partial charge < -0.3 is 5.32 Å². The van der Waals surface area contributed by atoms with E-state index in [1.54, 1.807) is 0 Å². The molecule has 0 aliphatic heterocycles. The van der Waals surface area contributed by atoms with Crippen molar-refractivity contribution in [3.63, 3.8) is 0 Å². The fourth-order valence-electron chi connectivity index (χ4n) is 5.09. The molecule has 1 spiro atoms. The van der Waals surface area contributed by atoms with Crippen LogP contribution in [-0.4, -0.2) is 15.7 Å². The van der Waals surface area contributed by atoms with E-state index < -0.39 is 18.0 Å². The smallest absolute Gasteiger partial charge is 0.282 e. The molecule has 2 fully saturated rings. The fourth-order valence-corrected chi connectivity index (χ4v) is 5.09. The number of fused-ring (bicyclic) bond motifs is 2. The van der Waals surface area contributed by atoms with Gasteiger partial charge in [-0.05, 0) is 48.3 Å². The van der Waals surface area contributed by atoms with Crippen LogP contribution in [0.4, 0.5) is 14.5 Å². The Morgan fingerprint density at radius 1 is 1.42 bits per heavy atom. The van der Waals surface area contributed by atoms with E-state index in [-0.39, 0.29) is 5.56 Å². The number of amides is 1. The Morgan fingerprint density at radius 3 is 3.00 bits per heavy atom. The van der Waals surface area contributed by atoms with E-state index in [0.717, 1.165) is 11.6 Å². The van der Waals surface area contributed by atoms with Crippen LogP contribution in [0.25, 0.3) is 0 Å². The average Bonchev–Trinajstić information content (AvgIpc) is 3.04. The van der Waals surface area contributed by atoms with E-state index >= 15 is 0 Å². The number of carbonyl (C=O) groups excluding carboxylic acids is 1. The third kappa shape index (κ3) is 1.61. The lowest BCUT2D eigenvalue weighted by Gasteiger charge is -2.40. The monoisotopic (exact) mass is 329 g/mol. The molecule has 0 radical (unpaired) electrons. The molecule has 3 aliphatic rings. The lowest BCUT2D eigenvalue weighted by Crippen LogP contribution is -2.31. The second kappa shape index (κ2) is 4.43. The summed E-state index contributed by atoms with van der Waals surface area (Å²) in [6.07, 6.45) is 2.27. The molecule has 3 atom stereocenters. The lowest BCUT2D eigenvalue weighted by atomic mass is 9.65. The molecule has 124 valence electrons. The molecule has 3 aliphatic carbocycles. The van der Waals surface area contributed by atoms with Crippen molar-refractivity contribution < 1.29 is 13.6 Å².